The minimum absolute atomic E-state index is 0.0246. The number of carbonyl (C=O) groups excluding carboxylic acids is 1. The number of aryl methyl sites for hydroxylation is 3. The molecule has 0 bridgehead atoms. The predicted molar refractivity (Wildman–Crippen MR) is 108 cm³/mol. The van der Waals surface area contributed by atoms with Crippen LogP contribution in [0.3, 0.4) is 0 Å². The van der Waals surface area contributed by atoms with Gasteiger partial charge in [-0.1, -0.05) is 6.42 Å². The summed E-state index contributed by atoms with van der Waals surface area (Å²) >= 11 is 0. The lowest BCUT2D eigenvalue weighted by molar-refractivity contribution is -0.121. The second-order valence-corrected chi connectivity index (χ2v) is 7.74. The van der Waals surface area contributed by atoms with Gasteiger partial charge in [0.2, 0.25) is 5.91 Å². The summed E-state index contributed by atoms with van der Waals surface area (Å²) < 4.78 is 1.54. The van der Waals surface area contributed by atoms with E-state index in [1.165, 1.54) is 19.3 Å². The summed E-state index contributed by atoms with van der Waals surface area (Å²) in [5, 5.41) is 2.98. The molecule has 1 atom stereocenters. The molecule has 1 amide bonds. The van der Waals surface area contributed by atoms with Crippen molar-refractivity contribution in [3.05, 3.63) is 39.3 Å². The maximum absolute atomic E-state index is 12.6. The SMILES string of the molecule is Cc1cc2nc(C)c(=O)n(CC(=O)NCCN3CCCC[C@@H]3C)c2cc1C. The third-order valence-electron chi connectivity index (χ3n) is 5.69. The fourth-order valence-corrected chi connectivity index (χ4v) is 3.81. The average molecular weight is 370 g/mol. The van der Waals surface area contributed by atoms with Gasteiger partial charge in [-0.25, -0.2) is 4.98 Å². The zero-order valence-electron chi connectivity index (χ0n) is 16.8. The van der Waals surface area contributed by atoms with Gasteiger partial charge in [0, 0.05) is 19.1 Å². The van der Waals surface area contributed by atoms with E-state index in [1.807, 2.05) is 26.0 Å². The number of nitrogens with one attached hydrogen (secondary N) is 1. The van der Waals surface area contributed by atoms with Gasteiger partial charge in [-0.3, -0.25) is 19.1 Å². The molecule has 0 unspecified atom stereocenters. The summed E-state index contributed by atoms with van der Waals surface area (Å²) in [6.07, 6.45) is 3.75. The maximum atomic E-state index is 12.6. The molecule has 1 saturated heterocycles. The molecule has 1 fully saturated rings. The monoisotopic (exact) mass is 370 g/mol. The molecule has 146 valence electrons. The Balaban J connectivity index is 1.71. The van der Waals surface area contributed by atoms with Gasteiger partial charge in [-0.2, -0.15) is 0 Å². The first-order valence-corrected chi connectivity index (χ1v) is 9.86. The number of rotatable bonds is 5. The van der Waals surface area contributed by atoms with Crippen LogP contribution in [-0.4, -0.2) is 46.0 Å². The number of piperidine rings is 1. The lowest BCUT2D eigenvalue weighted by Crippen LogP contribution is -2.43. The number of benzene rings is 1. The highest BCUT2D eigenvalue weighted by molar-refractivity contribution is 5.81. The maximum Gasteiger partial charge on any atom is 0.272 e. The Morgan fingerprint density at radius 2 is 1.96 bits per heavy atom. The molecule has 2 aromatic rings. The Hall–Kier alpha value is -2.21. The molecule has 6 nitrogen and oxygen atoms in total. The van der Waals surface area contributed by atoms with Gasteiger partial charge in [0.05, 0.1) is 11.0 Å². The van der Waals surface area contributed by atoms with E-state index >= 15 is 0 Å². The number of fused-ring (bicyclic) bond motifs is 1. The molecule has 2 heterocycles. The Bertz CT molecular complexity index is 903. The fraction of sp³-hybridized carbons (Fsp3) is 0.571. The van der Waals surface area contributed by atoms with Crippen LogP contribution in [0.1, 0.15) is 43.0 Å². The van der Waals surface area contributed by atoms with Crippen molar-refractivity contribution in [1.29, 1.82) is 0 Å². The van der Waals surface area contributed by atoms with E-state index in [0.29, 0.717) is 23.8 Å². The van der Waals surface area contributed by atoms with Crippen molar-refractivity contribution in [2.75, 3.05) is 19.6 Å². The summed E-state index contributed by atoms with van der Waals surface area (Å²) in [5.41, 5.74) is 3.89. The number of amides is 1. The van der Waals surface area contributed by atoms with Crippen molar-refractivity contribution in [3.63, 3.8) is 0 Å². The van der Waals surface area contributed by atoms with Crippen molar-refractivity contribution < 1.29 is 4.79 Å². The predicted octanol–water partition coefficient (Wildman–Crippen LogP) is 2.31. The van der Waals surface area contributed by atoms with Crippen LogP contribution in [0.15, 0.2) is 16.9 Å². The van der Waals surface area contributed by atoms with Crippen LogP contribution >= 0.6 is 0 Å². The number of nitrogens with zero attached hydrogens (tertiary/aromatic N) is 3. The third kappa shape index (κ3) is 4.38. The summed E-state index contributed by atoms with van der Waals surface area (Å²) in [6, 6.07) is 4.50. The molecular formula is C21H30N4O2. The second-order valence-electron chi connectivity index (χ2n) is 7.74. The third-order valence-corrected chi connectivity index (χ3v) is 5.69. The Morgan fingerprint density at radius 3 is 2.70 bits per heavy atom. The topological polar surface area (TPSA) is 67.2 Å². The van der Waals surface area contributed by atoms with Crippen LogP contribution in [0.4, 0.5) is 0 Å². The molecule has 0 aliphatic carbocycles. The van der Waals surface area contributed by atoms with Crippen molar-refractivity contribution >= 4 is 16.9 Å². The minimum Gasteiger partial charge on any atom is -0.353 e. The molecule has 1 aromatic carbocycles. The van der Waals surface area contributed by atoms with Gasteiger partial charge in [0.15, 0.2) is 0 Å². The first-order valence-electron chi connectivity index (χ1n) is 9.86. The van der Waals surface area contributed by atoms with Crippen molar-refractivity contribution in [3.8, 4) is 0 Å². The van der Waals surface area contributed by atoms with E-state index in [4.69, 9.17) is 0 Å². The first kappa shape index (κ1) is 19.5. The minimum atomic E-state index is -0.203. The van der Waals surface area contributed by atoms with E-state index in [2.05, 4.69) is 22.1 Å². The molecule has 6 heteroatoms. The number of aromatic nitrogens is 2. The lowest BCUT2D eigenvalue weighted by atomic mass is 10.0. The van der Waals surface area contributed by atoms with Crippen LogP contribution in [-0.2, 0) is 11.3 Å². The molecule has 1 aliphatic rings. The fourth-order valence-electron chi connectivity index (χ4n) is 3.81. The van der Waals surface area contributed by atoms with E-state index in [1.54, 1.807) is 11.5 Å². The van der Waals surface area contributed by atoms with E-state index < -0.39 is 0 Å². The molecule has 0 saturated carbocycles. The molecule has 1 aromatic heterocycles. The van der Waals surface area contributed by atoms with Gasteiger partial charge in [0.1, 0.15) is 12.2 Å². The Morgan fingerprint density at radius 1 is 1.22 bits per heavy atom. The molecule has 1 N–H and O–H groups in total. The smallest absolute Gasteiger partial charge is 0.272 e. The van der Waals surface area contributed by atoms with E-state index in [0.717, 1.165) is 29.7 Å². The molecule has 27 heavy (non-hydrogen) atoms. The highest BCUT2D eigenvalue weighted by Crippen LogP contribution is 2.17. The van der Waals surface area contributed by atoms with Gasteiger partial charge in [0.25, 0.3) is 5.56 Å². The van der Waals surface area contributed by atoms with Crippen molar-refractivity contribution in [2.45, 2.75) is 59.5 Å². The zero-order valence-corrected chi connectivity index (χ0v) is 16.8. The van der Waals surface area contributed by atoms with E-state index in [-0.39, 0.29) is 18.0 Å². The van der Waals surface area contributed by atoms with Gasteiger partial charge >= 0.3 is 0 Å². The molecule has 0 spiro atoms. The zero-order chi connectivity index (χ0) is 19.6. The summed E-state index contributed by atoms with van der Waals surface area (Å²) in [4.78, 5) is 31.9. The van der Waals surface area contributed by atoms with Crippen LogP contribution in [0, 0.1) is 20.8 Å². The number of likely N-dealkylation sites (tertiary alicyclic amines) is 1. The van der Waals surface area contributed by atoms with Gasteiger partial charge in [-0.15, -0.1) is 0 Å². The van der Waals surface area contributed by atoms with Crippen LogP contribution < -0.4 is 10.9 Å². The number of hydrogen-bond donors (Lipinski definition) is 1. The molecule has 1 aliphatic heterocycles. The summed E-state index contributed by atoms with van der Waals surface area (Å²) in [7, 11) is 0. The van der Waals surface area contributed by atoms with Crippen molar-refractivity contribution in [1.82, 2.24) is 19.8 Å². The van der Waals surface area contributed by atoms with Crippen LogP contribution in [0.25, 0.3) is 11.0 Å². The quantitative estimate of drug-likeness (QED) is 0.877. The average Bonchev–Trinajstić information content (AvgIpc) is 2.62. The van der Waals surface area contributed by atoms with Crippen LogP contribution in [0.2, 0.25) is 0 Å². The number of carbonyl (C=O) groups is 1. The molecular weight excluding hydrogens is 340 g/mol. The second kappa shape index (κ2) is 8.21. The first-order chi connectivity index (χ1) is 12.9. The highest BCUT2D eigenvalue weighted by atomic mass is 16.2. The molecule has 3 rings (SSSR count). The lowest BCUT2D eigenvalue weighted by Gasteiger charge is -2.33. The Kier molecular flexibility index (Phi) is 5.95. The normalized spacial score (nSPS) is 18.0. The number of hydrogen-bond acceptors (Lipinski definition) is 4. The van der Waals surface area contributed by atoms with Gasteiger partial charge in [-0.05, 0) is 70.3 Å². The van der Waals surface area contributed by atoms with E-state index in [9.17, 15) is 9.59 Å². The van der Waals surface area contributed by atoms with Crippen LogP contribution in [0.5, 0.6) is 0 Å². The summed E-state index contributed by atoms with van der Waals surface area (Å²) in [5.74, 6) is -0.133. The molecule has 0 radical (unpaired) electrons. The highest BCUT2D eigenvalue weighted by Gasteiger charge is 2.18. The largest absolute Gasteiger partial charge is 0.353 e. The standard InChI is InChI=1S/C21H30N4O2/c1-14-11-18-19(12-15(14)2)25(21(27)17(4)23-18)13-20(26)22-8-10-24-9-6-5-7-16(24)3/h11-12,16H,5-10,13H2,1-4H3,(H,22,26)/t16-/m0/s1. The van der Waals surface area contributed by atoms with Gasteiger partial charge < -0.3 is 5.32 Å². The Labute approximate surface area is 160 Å². The summed E-state index contributed by atoms with van der Waals surface area (Å²) in [6.45, 7) is 10.6. The van der Waals surface area contributed by atoms with Crippen molar-refractivity contribution in [2.24, 2.45) is 0 Å².